The first-order valence-electron chi connectivity index (χ1n) is 8.80. The summed E-state index contributed by atoms with van der Waals surface area (Å²) >= 11 is 0. The second-order valence-electron chi connectivity index (χ2n) is 6.49. The molecule has 0 aliphatic carbocycles. The van der Waals surface area contributed by atoms with Crippen molar-refractivity contribution in [3.8, 4) is 11.1 Å². The Morgan fingerprint density at radius 1 is 1.30 bits per heavy atom. The van der Waals surface area contributed by atoms with E-state index in [0.717, 1.165) is 29.7 Å². The van der Waals surface area contributed by atoms with Crippen LogP contribution in [0.5, 0.6) is 0 Å². The van der Waals surface area contributed by atoms with Crippen molar-refractivity contribution in [3.63, 3.8) is 0 Å². The first-order chi connectivity index (χ1) is 13.2. The fourth-order valence-electron chi connectivity index (χ4n) is 3.04. The molecule has 0 amide bonds. The molecule has 7 heteroatoms. The van der Waals surface area contributed by atoms with Gasteiger partial charge in [0.25, 0.3) is 0 Å². The van der Waals surface area contributed by atoms with Crippen LogP contribution in [-0.2, 0) is 22.6 Å². The minimum absolute atomic E-state index is 0.0715. The lowest BCUT2D eigenvalue weighted by Gasteiger charge is -2.10. The van der Waals surface area contributed by atoms with E-state index in [9.17, 15) is 4.79 Å². The zero-order chi connectivity index (χ0) is 18.6. The van der Waals surface area contributed by atoms with Crippen LogP contribution in [0.3, 0.4) is 0 Å². The summed E-state index contributed by atoms with van der Waals surface area (Å²) in [5.41, 5.74) is 3.13. The van der Waals surface area contributed by atoms with Crippen LogP contribution in [0.1, 0.15) is 28.3 Å². The minimum atomic E-state index is -1.08. The van der Waals surface area contributed by atoms with Gasteiger partial charge in [-0.25, -0.2) is 4.79 Å². The van der Waals surface area contributed by atoms with Crippen LogP contribution in [0.4, 0.5) is 0 Å². The van der Waals surface area contributed by atoms with E-state index in [0.29, 0.717) is 25.5 Å². The standard InChI is InChI=1S/C20H20N2O5/c23-20(24)19-5-4-17(27-19)11-22-10-16(9-21-22)15-3-1-2-14(8-15)12-26-18-6-7-25-13-18/h1-5,8-10,18H,6-7,11-13H2,(H,23,24). The molecule has 1 fully saturated rings. The second kappa shape index (κ2) is 7.77. The summed E-state index contributed by atoms with van der Waals surface area (Å²) in [6.45, 7) is 2.37. The maximum absolute atomic E-state index is 10.9. The van der Waals surface area contributed by atoms with Crippen molar-refractivity contribution in [1.29, 1.82) is 0 Å². The Kier molecular flexibility index (Phi) is 5.04. The Bertz CT molecular complexity index is 924. The first-order valence-corrected chi connectivity index (χ1v) is 8.80. The number of carbonyl (C=O) groups is 1. The molecule has 140 valence electrons. The molecule has 1 aliphatic heterocycles. The molecule has 1 N–H and O–H groups in total. The van der Waals surface area contributed by atoms with Crippen LogP contribution in [-0.4, -0.2) is 40.2 Å². The highest BCUT2D eigenvalue weighted by atomic mass is 16.5. The Morgan fingerprint density at radius 3 is 3.00 bits per heavy atom. The van der Waals surface area contributed by atoms with Crippen molar-refractivity contribution in [2.75, 3.05) is 13.2 Å². The van der Waals surface area contributed by atoms with Crippen LogP contribution in [0.15, 0.2) is 53.2 Å². The summed E-state index contributed by atoms with van der Waals surface area (Å²) in [5.74, 6) is -0.605. The largest absolute Gasteiger partial charge is 0.475 e. The molecule has 0 bridgehead atoms. The van der Waals surface area contributed by atoms with Gasteiger partial charge in [0.15, 0.2) is 0 Å². The predicted octanol–water partition coefficient (Wildman–Crippen LogP) is 3.20. The van der Waals surface area contributed by atoms with Gasteiger partial charge >= 0.3 is 5.97 Å². The molecule has 27 heavy (non-hydrogen) atoms. The Labute approximate surface area is 156 Å². The number of furan rings is 1. The van der Waals surface area contributed by atoms with Gasteiger partial charge in [-0.15, -0.1) is 0 Å². The Balaban J connectivity index is 1.42. The van der Waals surface area contributed by atoms with Crippen LogP contribution in [0.25, 0.3) is 11.1 Å². The van der Waals surface area contributed by atoms with E-state index < -0.39 is 5.97 Å². The fraction of sp³-hybridized carbons (Fsp3) is 0.300. The minimum Gasteiger partial charge on any atom is -0.475 e. The Hall–Kier alpha value is -2.90. The van der Waals surface area contributed by atoms with Gasteiger partial charge in [-0.2, -0.15) is 5.10 Å². The predicted molar refractivity (Wildman–Crippen MR) is 96.4 cm³/mol. The molecule has 1 saturated heterocycles. The average Bonchev–Trinajstić information content (AvgIpc) is 3.42. The van der Waals surface area contributed by atoms with Crippen molar-refractivity contribution < 1.29 is 23.8 Å². The maximum atomic E-state index is 10.9. The summed E-state index contributed by atoms with van der Waals surface area (Å²) in [4.78, 5) is 10.9. The number of hydrogen-bond acceptors (Lipinski definition) is 5. The second-order valence-corrected chi connectivity index (χ2v) is 6.49. The topological polar surface area (TPSA) is 86.7 Å². The Morgan fingerprint density at radius 2 is 2.22 bits per heavy atom. The van der Waals surface area contributed by atoms with Gasteiger partial charge in [-0.1, -0.05) is 18.2 Å². The van der Waals surface area contributed by atoms with Crippen molar-refractivity contribution in [2.24, 2.45) is 0 Å². The van der Waals surface area contributed by atoms with Gasteiger partial charge in [-0.3, -0.25) is 4.68 Å². The molecule has 3 aromatic rings. The molecule has 2 aromatic heterocycles. The quantitative estimate of drug-likeness (QED) is 0.689. The highest BCUT2D eigenvalue weighted by Crippen LogP contribution is 2.22. The van der Waals surface area contributed by atoms with Gasteiger partial charge in [-0.05, 0) is 35.7 Å². The van der Waals surface area contributed by atoms with Crippen LogP contribution < -0.4 is 0 Å². The van der Waals surface area contributed by atoms with Gasteiger partial charge in [0.2, 0.25) is 5.76 Å². The molecular formula is C20H20N2O5. The third kappa shape index (κ3) is 4.27. The van der Waals surface area contributed by atoms with E-state index >= 15 is 0 Å². The smallest absolute Gasteiger partial charge is 0.371 e. The summed E-state index contributed by atoms with van der Waals surface area (Å²) in [5, 5.41) is 13.3. The number of rotatable bonds is 7. The molecular weight excluding hydrogens is 348 g/mol. The zero-order valence-electron chi connectivity index (χ0n) is 14.7. The van der Waals surface area contributed by atoms with Gasteiger partial charge in [0, 0.05) is 18.4 Å². The fourth-order valence-corrected chi connectivity index (χ4v) is 3.04. The summed E-state index contributed by atoms with van der Waals surface area (Å²) < 4.78 is 18.2. The van der Waals surface area contributed by atoms with Crippen molar-refractivity contribution in [3.05, 3.63) is 65.9 Å². The normalized spacial score (nSPS) is 16.7. The molecule has 0 radical (unpaired) electrons. The monoisotopic (exact) mass is 368 g/mol. The number of hydrogen-bond donors (Lipinski definition) is 1. The van der Waals surface area contributed by atoms with Crippen molar-refractivity contribution >= 4 is 5.97 Å². The molecule has 0 saturated carbocycles. The molecule has 1 aliphatic rings. The van der Waals surface area contributed by atoms with E-state index in [2.05, 4.69) is 11.2 Å². The number of nitrogens with zero attached hydrogens (tertiary/aromatic N) is 2. The summed E-state index contributed by atoms with van der Waals surface area (Å²) in [6, 6.07) is 11.3. The highest BCUT2D eigenvalue weighted by Gasteiger charge is 2.16. The third-order valence-electron chi connectivity index (χ3n) is 4.46. The lowest BCUT2D eigenvalue weighted by molar-refractivity contribution is 0.0318. The van der Waals surface area contributed by atoms with Crippen LogP contribution >= 0.6 is 0 Å². The van der Waals surface area contributed by atoms with Crippen molar-refractivity contribution in [1.82, 2.24) is 9.78 Å². The SMILES string of the molecule is O=C(O)c1ccc(Cn2cc(-c3cccc(COC4CCOC4)c3)cn2)o1. The van der Waals surface area contributed by atoms with E-state index in [4.69, 9.17) is 19.0 Å². The number of carboxylic acids is 1. The van der Waals surface area contributed by atoms with E-state index in [1.807, 2.05) is 24.4 Å². The number of benzene rings is 1. The molecule has 1 atom stereocenters. The molecule has 1 aromatic carbocycles. The molecule has 1 unspecified atom stereocenters. The van der Waals surface area contributed by atoms with Gasteiger partial charge in [0.1, 0.15) is 5.76 Å². The lowest BCUT2D eigenvalue weighted by atomic mass is 10.1. The van der Waals surface area contributed by atoms with Gasteiger partial charge < -0.3 is 19.0 Å². The molecule has 0 spiro atoms. The average molecular weight is 368 g/mol. The van der Waals surface area contributed by atoms with E-state index in [1.165, 1.54) is 6.07 Å². The lowest BCUT2D eigenvalue weighted by Crippen LogP contribution is -2.11. The maximum Gasteiger partial charge on any atom is 0.371 e. The first kappa shape index (κ1) is 17.5. The third-order valence-corrected chi connectivity index (χ3v) is 4.46. The van der Waals surface area contributed by atoms with Crippen LogP contribution in [0.2, 0.25) is 0 Å². The number of ether oxygens (including phenoxy) is 2. The summed E-state index contributed by atoms with van der Waals surface area (Å²) in [6.07, 6.45) is 4.82. The van der Waals surface area contributed by atoms with Crippen molar-refractivity contribution in [2.45, 2.75) is 25.7 Å². The van der Waals surface area contributed by atoms with Gasteiger partial charge in [0.05, 0.1) is 32.1 Å². The molecule has 4 rings (SSSR count). The molecule has 3 heterocycles. The molecule has 7 nitrogen and oxygen atoms in total. The van der Waals surface area contributed by atoms with Crippen LogP contribution in [0, 0.1) is 0 Å². The number of aromatic carboxylic acids is 1. The van der Waals surface area contributed by atoms with E-state index in [1.54, 1.807) is 16.9 Å². The zero-order valence-corrected chi connectivity index (χ0v) is 14.7. The highest BCUT2D eigenvalue weighted by molar-refractivity contribution is 5.84. The number of aromatic nitrogens is 2. The summed E-state index contributed by atoms with van der Waals surface area (Å²) in [7, 11) is 0. The number of carboxylic acid groups (broad SMARTS) is 1. The van der Waals surface area contributed by atoms with E-state index in [-0.39, 0.29) is 11.9 Å².